The van der Waals surface area contributed by atoms with Crippen molar-refractivity contribution in [2.24, 2.45) is 11.8 Å². The van der Waals surface area contributed by atoms with Crippen LogP contribution >= 0.6 is 0 Å². The summed E-state index contributed by atoms with van der Waals surface area (Å²) in [5.74, 6) is -3.31. The zero-order valence-corrected chi connectivity index (χ0v) is 25.6. The first-order valence-electron chi connectivity index (χ1n) is 16.7. The molecule has 0 amide bonds. The maximum Gasteiger partial charge on any atom is 0.201 e. The maximum atomic E-state index is 15.3. The van der Waals surface area contributed by atoms with Crippen molar-refractivity contribution >= 4 is 0 Å². The highest BCUT2D eigenvalue weighted by Crippen LogP contribution is 2.38. The Hall–Kier alpha value is -2.08. The van der Waals surface area contributed by atoms with Gasteiger partial charge in [0, 0.05) is 30.8 Å². The Morgan fingerprint density at radius 3 is 2.02 bits per heavy atom. The van der Waals surface area contributed by atoms with Crippen LogP contribution in [0.2, 0.25) is 0 Å². The minimum atomic E-state index is -1.22. The van der Waals surface area contributed by atoms with Crippen molar-refractivity contribution in [3.05, 3.63) is 52.6 Å². The molecule has 2 aliphatic rings. The van der Waals surface area contributed by atoms with E-state index in [0.29, 0.717) is 49.5 Å². The molecule has 0 radical (unpaired) electrons. The lowest BCUT2D eigenvalue weighted by atomic mass is 9.80. The van der Waals surface area contributed by atoms with Gasteiger partial charge in [-0.05, 0) is 66.8 Å². The van der Waals surface area contributed by atoms with E-state index in [9.17, 15) is 4.39 Å². The van der Waals surface area contributed by atoms with E-state index in [1.807, 2.05) is 0 Å². The molecule has 0 heterocycles. The molecule has 1 unspecified atom stereocenters. The van der Waals surface area contributed by atoms with Crippen molar-refractivity contribution in [1.29, 1.82) is 0 Å². The van der Waals surface area contributed by atoms with E-state index < -0.39 is 23.3 Å². The van der Waals surface area contributed by atoms with Crippen LogP contribution in [-0.4, -0.2) is 19.8 Å². The monoisotopic (exact) mass is 590 g/mol. The van der Waals surface area contributed by atoms with E-state index in [0.717, 1.165) is 44.4 Å². The van der Waals surface area contributed by atoms with E-state index >= 15 is 13.2 Å². The van der Waals surface area contributed by atoms with Gasteiger partial charge in [0.25, 0.3) is 0 Å². The largest absolute Gasteiger partial charge is 0.490 e. The Labute approximate surface area is 250 Å². The Balaban J connectivity index is 1.24. The van der Waals surface area contributed by atoms with Crippen molar-refractivity contribution in [1.82, 2.24) is 0 Å². The molecule has 234 valence electrons. The molecule has 0 aromatic heterocycles. The van der Waals surface area contributed by atoms with Crippen LogP contribution < -0.4 is 4.74 Å². The van der Waals surface area contributed by atoms with Crippen LogP contribution in [0.25, 0.3) is 11.1 Å². The smallest absolute Gasteiger partial charge is 0.201 e. The summed E-state index contributed by atoms with van der Waals surface area (Å²) in [5.41, 5.74) is 0.588. The van der Waals surface area contributed by atoms with E-state index in [4.69, 9.17) is 9.47 Å². The van der Waals surface area contributed by atoms with Crippen LogP contribution in [0, 0.1) is 35.1 Å². The normalized spacial score (nSPS) is 16.5. The second-order valence-electron chi connectivity index (χ2n) is 12.6. The molecule has 4 rings (SSSR count). The summed E-state index contributed by atoms with van der Waals surface area (Å²) in [7, 11) is 0. The molecule has 0 saturated heterocycles. The van der Waals surface area contributed by atoms with Crippen molar-refractivity contribution in [2.75, 3.05) is 19.8 Å². The van der Waals surface area contributed by atoms with Crippen molar-refractivity contribution in [2.45, 2.75) is 122 Å². The average Bonchev–Trinajstić information content (AvgIpc) is 3.82. The molecule has 2 aromatic rings. The molecular formula is C36H50F4O2. The molecular weight excluding hydrogens is 540 g/mol. The summed E-state index contributed by atoms with van der Waals surface area (Å²) in [6, 6.07) is 4.08. The topological polar surface area (TPSA) is 18.5 Å². The molecule has 6 heteroatoms. The molecule has 42 heavy (non-hydrogen) atoms. The number of aryl methyl sites for hydroxylation is 1. The second kappa shape index (κ2) is 17.3. The van der Waals surface area contributed by atoms with E-state index in [1.165, 1.54) is 76.0 Å². The van der Waals surface area contributed by atoms with Crippen molar-refractivity contribution in [3.63, 3.8) is 0 Å². The third-order valence-corrected chi connectivity index (χ3v) is 9.06. The van der Waals surface area contributed by atoms with Crippen LogP contribution in [-0.2, 0) is 17.6 Å². The van der Waals surface area contributed by atoms with Gasteiger partial charge in [0.15, 0.2) is 23.2 Å². The maximum absolute atomic E-state index is 15.3. The first kappa shape index (κ1) is 32.8. The molecule has 0 aliphatic heterocycles. The van der Waals surface area contributed by atoms with Crippen molar-refractivity contribution in [3.8, 4) is 16.9 Å². The summed E-state index contributed by atoms with van der Waals surface area (Å²) in [6.07, 6.45) is 20.1. The van der Waals surface area contributed by atoms with E-state index in [1.54, 1.807) is 0 Å². The van der Waals surface area contributed by atoms with Gasteiger partial charge < -0.3 is 9.47 Å². The predicted octanol–water partition coefficient (Wildman–Crippen LogP) is 10.9. The van der Waals surface area contributed by atoms with Crippen LogP contribution in [0.3, 0.4) is 0 Å². The quantitative estimate of drug-likeness (QED) is 0.113. The average molecular weight is 591 g/mol. The number of hydrogen-bond acceptors (Lipinski definition) is 2. The van der Waals surface area contributed by atoms with E-state index in [2.05, 4.69) is 6.92 Å². The molecule has 0 N–H and O–H groups in total. The van der Waals surface area contributed by atoms with E-state index in [-0.39, 0.29) is 23.5 Å². The Morgan fingerprint density at radius 2 is 1.31 bits per heavy atom. The first-order valence-corrected chi connectivity index (χ1v) is 16.7. The van der Waals surface area contributed by atoms with Gasteiger partial charge in [-0.1, -0.05) is 90.4 Å². The molecule has 2 aromatic carbocycles. The molecule has 1 fully saturated rings. The Bertz CT molecular complexity index is 1110. The third kappa shape index (κ3) is 9.72. The number of benzene rings is 2. The van der Waals surface area contributed by atoms with Gasteiger partial charge in [-0.3, -0.25) is 0 Å². The molecule has 2 nitrogen and oxygen atoms in total. The summed E-state index contributed by atoms with van der Waals surface area (Å²) < 4.78 is 71.3. The zero-order chi connectivity index (χ0) is 29.7. The highest BCUT2D eigenvalue weighted by molar-refractivity contribution is 5.68. The molecule has 1 atom stereocenters. The van der Waals surface area contributed by atoms with Crippen LogP contribution in [0.4, 0.5) is 17.6 Å². The number of hydrogen-bond donors (Lipinski definition) is 0. The van der Waals surface area contributed by atoms with Gasteiger partial charge in [-0.15, -0.1) is 0 Å². The van der Waals surface area contributed by atoms with Gasteiger partial charge in [0.05, 0.1) is 6.61 Å². The van der Waals surface area contributed by atoms with Gasteiger partial charge in [0.1, 0.15) is 0 Å². The number of rotatable bonds is 20. The molecule has 0 bridgehead atoms. The van der Waals surface area contributed by atoms with Crippen LogP contribution in [0.15, 0.2) is 18.2 Å². The van der Waals surface area contributed by atoms with Gasteiger partial charge in [0.2, 0.25) is 5.82 Å². The predicted molar refractivity (Wildman–Crippen MR) is 162 cm³/mol. The highest BCUT2D eigenvalue weighted by Gasteiger charge is 2.28. The van der Waals surface area contributed by atoms with Gasteiger partial charge in [-0.2, -0.15) is 4.39 Å². The summed E-state index contributed by atoms with van der Waals surface area (Å²) in [5, 5.41) is 0. The van der Waals surface area contributed by atoms with Gasteiger partial charge >= 0.3 is 0 Å². The minimum Gasteiger partial charge on any atom is -0.490 e. The van der Waals surface area contributed by atoms with Gasteiger partial charge in [-0.25, -0.2) is 13.2 Å². The lowest BCUT2D eigenvalue weighted by molar-refractivity contribution is 0.115. The van der Waals surface area contributed by atoms with Crippen LogP contribution in [0.5, 0.6) is 5.75 Å². The second-order valence-corrected chi connectivity index (χ2v) is 12.6. The van der Waals surface area contributed by atoms with Crippen LogP contribution in [0.1, 0.15) is 121 Å². The summed E-state index contributed by atoms with van der Waals surface area (Å²) in [6.45, 7) is 3.45. The standard InChI is InChI=1S/C36H50F4O2/c1-2-3-11-21-41-22-12-23-42-32-20-19-29(33(37)36(32)40)31-25-28-18-17-27(24-30(28)34(38)35(31)39)14-10-8-6-4-5-7-9-13-26-15-16-26/h19-20,25-27H,2-18,21-24H2,1H3. The summed E-state index contributed by atoms with van der Waals surface area (Å²) in [4.78, 5) is 0. The molecule has 1 saturated carbocycles. The minimum absolute atomic E-state index is 0.173. The summed E-state index contributed by atoms with van der Waals surface area (Å²) >= 11 is 0. The first-order chi connectivity index (χ1) is 20.5. The van der Waals surface area contributed by atoms with Crippen molar-refractivity contribution < 1.29 is 27.0 Å². The number of ether oxygens (including phenoxy) is 2. The number of fused-ring (bicyclic) bond motifs is 1. The fourth-order valence-electron chi connectivity index (χ4n) is 6.26. The fraction of sp³-hybridized carbons (Fsp3) is 0.667. The lowest BCUT2D eigenvalue weighted by Crippen LogP contribution is -2.17. The number of unbranched alkanes of at least 4 members (excludes halogenated alkanes) is 8. The zero-order valence-electron chi connectivity index (χ0n) is 25.6. The Kier molecular flexibility index (Phi) is 13.5. The fourth-order valence-corrected chi connectivity index (χ4v) is 6.26. The lowest BCUT2D eigenvalue weighted by Gasteiger charge is -2.26. The third-order valence-electron chi connectivity index (χ3n) is 9.06. The SMILES string of the molecule is CCCCCOCCCOc1ccc(-c2cc3c(c(F)c2F)CC(CCCCCCCCCC2CC2)CC3)c(F)c1F. The highest BCUT2D eigenvalue weighted by atomic mass is 19.2. The molecule has 0 spiro atoms. The number of halogens is 4. The Morgan fingerprint density at radius 1 is 0.643 bits per heavy atom. The molecule has 2 aliphatic carbocycles.